The fourth-order valence-corrected chi connectivity index (χ4v) is 2.62. The lowest BCUT2D eigenvalue weighted by Gasteiger charge is -2.30. The zero-order valence-corrected chi connectivity index (χ0v) is 15.5. The third kappa shape index (κ3) is 8.47. The van der Waals surface area contributed by atoms with Crippen molar-refractivity contribution in [3.8, 4) is 0 Å². The summed E-state index contributed by atoms with van der Waals surface area (Å²) in [6.07, 6.45) is 1.89. The molecule has 0 unspecified atom stereocenters. The molecule has 5 heteroatoms. The van der Waals surface area contributed by atoms with Gasteiger partial charge in [0.15, 0.2) is 0 Å². The molecule has 0 aromatic carbocycles. The van der Waals surface area contributed by atoms with E-state index < -0.39 is 0 Å². The summed E-state index contributed by atoms with van der Waals surface area (Å²) in [5.41, 5.74) is 8.37. The number of carbonyl (C=O) groups excluding carboxylic acids is 1. The first-order chi connectivity index (χ1) is 11.6. The predicted molar refractivity (Wildman–Crippen MR) is 105 cm³/mol. The minimum atomic E-state index is -0.108. The minimum absolute atomic E-state index is 0.108. The summed E-state index contributed by atoms with van der Waals surface area (Å²) < 4.78 is 0. The molecule has 2 rings (SSSR count). The van der Waals surface area contributed by atoms with Crippen LogP contribution in [0.5, 0.6) is 0 Å². The van der Waals surface area contributed by atoms with Crippen LogP contribution >= 0.6 is 11.3 Å². The van der Waals surface area contributed by atoms with Crippen LogP contribution in [0.1, 0.15) is 36.4 Å². The minimum Gasteiger partial charge on any atom is -0.300 e. The van der Waals surface area contributed by atoms with Crippen molar-refractivity contribution in [3.63, 3.8) is 0 Å². The molecule has 1 saturated heterocycles. The van der Waals surface area contributed by atoms with Crippen LogP contribution in [0, 0.1) is 0 Å². The van der Waals surface area contributed by atoms with Gasteiger partial charge >= 0.3 is 0 Å². The lowest BCUT2D eigenvalue weighted by Crippen LogP contribution is -2.39. The average molecular weight is 346 g/mol. The summed E-state index contributed by atoms with van der Waals surface area (Å²) in [4.78, 5) is 14.8. The molecule has 24 heavy (non-hydrogen) atoms. The Morgan fingerprint density at radius 2 is 1.88 bits per heavy atom. The van der Waals surface area contributed by atoms with Gasteiger partial charge in [-0.3, -0.25) is 4.79 Å². The Balaban J connectivity index is 0.000000773. The highest BCUT2D eigenvalue weighted by Gasteiger charge is 2.17. The fourth-order valence-electron chi connectivity index (χ4n) is 2.00. The lowest BCUT2D eigenvalue weighted by atomic mass is 10.1. The van der Waals surface area contributed by atoms with E-state index in [2.05, 4.69) is 67.1 Å². The molecule has 1 aromatic heterocycles. The van der Waals surface area contributed by atoms with E-state index in [1.807, 2.05) is 17.5 Å². The van der Waals surface area contributed by atoms with Gasteiger partial charge in [0.25, 0.3) is 5.91 Å². The molecule has 130 valence electrons. The van der Waals surface area contributed by atoms with E-state index in [1.165, 1.54) is 11.3 Å². The molecular weight excluding hydrogens is 318 g/mol. The molecule has 0 bridgehead atoms. The SMILES string of the molecule is C=C.C=C=C=C.CC(C)N1CCC(=NNC(=O)c2cccs2)CC1. The summed E-state index contributed by atoms with van der Waals surface area (Å²) in [7, 11) is 0. The van der Waals surface area contributed by atoms with E-state index in [9.17, 15) is 4.79 Å². The average Bonchev–Trinajstić information content (AvgIpc) is 3.16. The summed E-state index contributed by atoms with van der Waals surface area (Å²) in [5, 5.41) is 6.12. The van der Waals surface area contributed by atoms with Crippen LogP contribution in [-0.2, 0) is 0 Å². The molecule has 4 nitrogen and oxygen atoms in total. The van der Waals surface area contributed by atoms with Crippen LogP contribution in [0.4, 0.5) is 0 Å². The topological polar surface area (TPSA) is 44.7 Å². The first-order valence-corrected chi connectivity index (χ1v) is 8.64. The normalized spacial score (nSPS) is 13.4. The number of piperidine rings is 1. The van der Waals surface area contributed by atoms with E-state index in [0.29, 0.717) is 10.9 Å². The van der Waals surface area contributed by atoms with Gasteiger partial charge in [-0.1, -0.05) is 17.5 Å². The van der Waals surface area contributed by atoms with Crippen molar-refractivity contribution >= 4 is 23.0 Å². The van der Waals surface area contributed by atoms with Gasteiger partial charge in [-0.2, -0.15) is 5.10 Å². The Kier molecular flexibility index (Phi) is 12.1. The van der Waals surface area contributed by atoms with Gasteiger partial charge in [0, 0.05) is 37.7 Å². The van der Waals surface area contributed by atoms with Gasteiger partial charge in [0.2, 0.25) is 0 Å². The van der Waals surface area contributed by atoms with E-state index in [0.717, 1.165) is 31.6 Å². The highest BCUT2D eigenvalue weighted by molar-refractivity contribution is 7.12. The number of likely N-dealkylation sites (tertiary alicyclic amines) is 1. The van der Waals surface area contributed by atoms with Crippen molar-refractivity contribution in [2.75, 3.05) is 13.1 Å². The molecule has 1 aliphatic heterocycles. The summed E-state index contributed by atoms with van der Waals surface area (Å²) in [6.45, 7) is 18.8. The van der Waals surface area contributed by atoms with Crippen molar-refractivity contribution in [2.45, 2.75) is 32.7 Å². The van der Waals surface area contributed by atoms with Crippen molar-refractivity contribution < 1.29 is 4.79 Å². The second-order valence-electron chi connectivity index (χ2n) is 5.08. The third-order valence-electron chi connectivity index (χ3n) is 3.29. The maximum Gasteiger partial charge on any atom is 0.281 e. The molecule has 0 radical (unpaired) electrons. The number of thiophene rings is 1. The number of hydrazone groups is 1. The summed E-state index contributed by atoms with van der Waals surface area (Å²) in [5.74, 6) is -0.108. The lowest BCUT2D eigenvalue weighted by molar-refractivity contribution is 0.0958. The fraction of sp³-hybridized carbons (Fsp3) is 0.368. The largest absolute Gasteiger partial charge is 0.300 e. The Bertz CT molecular complexity index is 560. The summed E-state index contributed by atoms with van der Waals surface area (Å²) in [6, 6.07) is 4.27. The molecule has 1 fully saturated rings. The Morgan fingerprint density at radius 1 is 1.29 bits per heavy atom. The highest BCUT2D eigenvalue weighted by atomic mass is 32.1. The molecule has 0 spiro atoms. The molecule has 0 saturated carbocycles. The van der Waals surface area contributed by atoms with Gasteiger partial charge in [-0.25, -0.2) is 5.43 Å². The van der Waals surface area contributed by atoms with Crippen LogP contribution in [-0.4, -0.2) is 35.7 Å². The molecular formula is C19H27N3OS. The maximum atomic E-state index is 11.7. The molecule has 1 amide bonds. The number of nitrogens with zero attached hydrogens (tertiary/aromatic N) is 2. The van der Waals surface area contributed by atoms with Crippen LogP contribution in [0.3, 0.4) is 0 Å². The molecule has 1 aromatic rings. The Hall–Kier alpha value is -2.16. The predicted octanol–water partition coefficient (Wildman–Crippen LogP) is 4.25. The summed E-state index contributed by atoms with van der Waals surface area (Å²) >= 11 is 1.43. The Morgan fingerprint density at radius 3 is 2.29 bits per heavy atom. The number of nitrogens with one attached hydrogen (secondary N) is 1. The van der Waals surface area contributed by atoms with Crippen LogP contribution < -0.4 is 5.43 Å². The molecule has 0 atom stereocenters. The van der Waals surface area contributed by atoms with Crippen LogP contribution in [0.15, 0.2) is 60.4 Å². The molecule has 2 heterocycles. The molecule has 1 aliphatic rings. The zero-order chi connectivity index (χ0) is 18.4. The monoisotopic (exact) mass is 345 g/mol. The first-order valence-electron chi connectivity index (χ1n) is 7.76. The Labute approximate surface area is 149 Å². The van der Waals surface area contributed by atoms with Crippen molar-refractivity contribution in [2.24, 2.45) is 5.10 Å². The van der Waals surface area contributed by atoms with Crippen molar-refractivity contribution in [3.05, 3.63) is 60.2 Å². The van der Waals surface area contributed by atoms with Crippen LogP contribution in [0.25, 0.3) is 0 Å². The smallest absolute Gasteiger partial charge is 0.281 e. The maximum absolute atomic E-state index is 11.7. The third-order valence-corrected chi connectivity index (χ3v) is 4.16. The van der Waals surface area contributed by atoms with Gasteiger partial charge in [0.05, 0.1) is 4.88 Å². The molecule has 1 N–H and O–H groups in total. The number of hydrogen-bond donors (Lipinski definition) is 1. The number of amides is 1. The second-order valence-corrected chi connectivity index (χ2v) is 6.03. The van der Waals surface area contributed by atoms with Crippen molar-refractivity contribution in [1.82, 2.24) is 10.3 Å². The number of carbonyl (C=O) groups is 1. The quantitative estimate of drug-likeness (QED) is 0.505. The number of rotatable bonds is 3. The van der Waals surface area contributed by atoms with Gasteiger partial charge < -0.3 is 4.90 Å². The molecule has 0 aliphatic carbocycles. The van der Waals surface area contributed by atoms with E-state index in [-0.39, 0.29) is 5.91 Å². The number of hydrogen-bond acceptors (Lipinski definition) is 4. The standard InChI is InChI=1S/C13H19N3OS.C4H4.C2H4/c1-10(2)16-7-5-11(6-8-16)14-15-13(17)12-4-3-9-18-12;1-3-4-2;1-2/h3-4,9-10H,5-8H2,1-2H3,(H,15,17);1-2H2;1-2H2. The highest BCUT2D eigenvalue weighted by Crippen LogP contribution is 2.11. The second kappa shape index (κ2) is 13.3. The van der Waals surface area contributed by atoms with E-state index in [1.54, 1.807) is 0 Å². The first kappa shape index (κ1) is 21.8. The van der Waals surface area contributed by atoms with E-state index in [4.69, 9.17) is 0 Å². The van der Waals surface area contributed by atoms with Gasteiger partial charge in [-0.05, 0) is 38.5 Å². The van der Waals surface area contributed by atoms with Crippen LogP contribution in [0.2, 0.25) is 0 Å². The van der Waals surface area contributed by atoms with Gasteiger partial charge in [0.1, 0.15) is 0 Å². The van der Waals surface area contributed by atoms with Crippen molar-refractivity contribution in [1.29, 1.82) is 0 Å². The van der Waals surface area contributed by atoms with E-state index >= 15 is 0 Å². The zero-order valence-electron chi connectivity index (χ0n) is 14.7. The van der Waals surface area contributed by atoms with Gasteiger partial charge in [-0.15, -0.1) is 24.5 Å².